The van der Waals surface area contributed by atoms with Crippen LogP contribution in [0.15, 0.2) is 30.3 Å². The SMILES string of the molecule is CCC1c2nncn2-c2cnc(-c3cn(COCC[Si](C)(C)C)nc3-c3nccs3)nc2N1C1CCC1. The first-order valence-electron chi connectivity index (χ1n) is 13.0. The Labute approximate surface area is 221 Å². The highest BCUT2D eigenvalue weighted by Crippen LogP contribution is 2.44. The first kappa shape index (κ1) is 24.4. The molecule has 0 spiro atoms. The summed E-state index contributed by atoms with van der Waals surface area (Å²) in [6.07, 6.45) is 12.0. The van der Waals surface area contributed by atoms with Crippen LogP contribution in [0.25, 0.3) is 27.8 Å². The van der Waals surface area contributed by atoms with Crippen LogP contribution in [0.1, 0.15) is 44.5 Å². The molecular weight excluding hydrogens is 502 g/mol. The number of aromatic nitrogens is 8. The van der Waals surface area contributed by atoms with E-state index in [1.54, 1.807) is 23.9 Å². The van der Waals surface area contributed by atoms with Gasteiger partial charge < -0.3 is 9.64 Å². The molecule has 37 heavy (non-hydrogen) atoms. The summed E-state index contributed by atoms with van der Waals surface area (Å²) < 4.78 is 9.87. The molecule has 2 aliphatic rings. The van der Waals surface area contributed by atoms with E-state index in [4.69, 9.17) is 19.8 Å². The molecule has 0 saturated heterocycles. The lowest BCUT2D eigenvalue weighted by atomic mass is 9.89. The smallest absolute Gasteiger partial charge is 0.165 e. The first-order chi connectivity index (χ1) is 17.9. The highest BCUT2D eigenvalue weighted by molar-refractivity contribution is 7.13. The van der Waals surface area contributed by atoms with Crippen molar-refractivity contribution in [3.63, 3.8) is 0 Å². The first-order valence-corrected chi connectivity index (χ1v) is 17.6. The van der Waals surface area contributed by atoms with E-state index in [0.29, 0.717) is 18.6 Å². The third-order valence-corrected chi connectivity index (χ3v) is 9.66. The Bertz CT molecular complexity index is 1370. The van der Waals surface area contributed by atoms with Gasteiger partial charge in [0, 0.05) is 38.5 Å². The van der Waals surface area contributed by atoms with Crippen LogP contribution < -0.4 is 4.90 Å². The molecule has 0 amide bonds. The van der Waals surface area contributed by atoms with E-state index in [1.807, 2.05) is 27.0 Å². The molecule has 0 radical (unpaired) electrons. The monoisotopic (exact) mass is 535 g/mol. The zero-order valence-electron chi connectivity index (χ0n) is 21.8. The fourth-order valence-electron chi connectivity index (χ4n) is 4.94. The van der Waals surface area contributed by atoms with E-state index < -0.39 is 8.07 Å². The fourth-order valence-corrected chi connectivity index (χ4v) is 6.33. The number of fused-ring (bicyclic) bond motifs is 3. The summed E-state index contributed by atoms with van der Waals surface area (Å²) in [6, 6.07) is 1.72. The molecule has 5 heterocycles. The van der Waals surface area contributed by atoms with Crippen molar-refractivity contribution >= 4 is 25.2 Å². The van der Waals surface area contributed by atoms with Crippen LogP contribution in [-0.2, 0) is 11.5 Å². The molecule has 1 unspecified atom stereocenters. The lowest BCUT2D eigenvalue weighted by Crippen LogP contribution is -2.46. The van der Waals surface area contributed by atoms with Crippen molar-refractivity contribution in [1.82, 2.24) is 39.5 Å². The van der Waals surface area contributed by atoms with Gasteiger partial charge in [0.2, 0.25) is 0 Å². The molecule has 1 atom stereocenters. The van der Waals surface area contributed by atoms with Crippen LogP contribution in [0.3, 0.4) is 0 Å². The number of rotatable bonds is 9. The zero-order chi connectivity index (χ0) is 25.6. The fraction of sp³-hybridized carbons (Fsp3) is 0.520. The van der Waals surface area contributed by atoms with Gasteiger partial charge in [0.15, 0.2) is 17.5 Å². The Morgan fingerprint density at radius 2 is 2.05 bits per heavy atom. The Morgan fingerprint density at radius 1 is 1.19 bits per heavy atom. The third kappa shape index (κ3) is 4.62. The van der Waals surface area contributed by atoms with Gasteiger partial charge in [0.05, 0.1) is 17.8 Å². The topological polar surface area (TPSA) is 99.7 Å². The zero-order valence-corrected chi connectivity index (χ0v) is 23.6. The Balaban J connectivity index is 1.39. The number of thiazole rings is 1. The van der Waals surface area contributed by atoms with Crippen molar-refractivity contribution < 1.29 is 4.74 Å². The number of ether oxygens (including phenoxy) is 1. The Kier molecular flexibility index (Phi) is 6.41. The van der Waals surface area contributed by atoms with Gasteiger partial charge in [-0.15, -0.1) is 21.5 Å². The lowest BCUT2D eigenvalue weighted by Gasteiger charge is -2.45. The molecule has 10 nitrogen and oxygen atoms in total. The summed E-state index contributed by atoms with van der Waals surface area (Å²) >= 11 is 1.56. The van der Waals surface area contributed by atoms with Crippen molar-refractivity contribution in [3.05, 3.63) is 36.1 Å². The Hall–Kier alpha value is -2.96. The molecule has 6 rings (SSSR count). The quantitative estimate of drug-likeness (QED) is 0.213. The number of nitrogens with zero attached hydrogens (tertiary/aromatic N) is 9. The van der Waals surface area contributed by atoms with Gasteiger partial charge in [-0.2, -0.15) is 5.10 Å². The van der Waals surface area contributed by atoms with E-state index in [2.05, 4.69) is 46.6 Å². The molecule has 194 valence electrons. The maximum Gasteiger partial charge on any atom is 0.165 e. The van der Waals surface area contributed by atoms with Crippen molar-refractivity contribution in [2.45, 2.75) is 77.1 Å². The summed E-state index contributed by atoms with van der Waals surface area (Å²) in [5, 5.41) is 16.3. The summed E-state index contributed by atoms with van der Waals surface area (Å²) in [5.74, 6) is 2.55. The van der Waals surface area contributed by atoms with E-state index >= 15 is 0 Å². The maximum atomic E-state index is 5.99. The van der Waals surface area contributed by atoms with Crippen LogP contribution in [0.2, 0.25) is 25.7 Å². The second-order valence-electron chi connectivity index (χ2n) is 11.0. The van der Waals surface area contributed by atoms with Crippen molar-refractivity contribution in [2.24, 2.45) is 0 Å². The Morgan fingerprint density at radius 3 is 2.76 bits per heavy atom. The number of hydrogen-bond donors (Lipinski definition) is 0. The summed E-state index contributed by atoms with van der Waals surface area (Å²) in [4.78, 5) is 17.0. The van der Waals surface area contributed by atoms with Gasteiger partial charge >= 0.3 is 0 Å². The largest absolute Gasteiger partial charge is 0.360 e. The molecule has 0 bridgehead atoms. The third-order valence-electron chi connectivity index (χ3n) is 7.17. The van der Waals surface area contributed by atoms with Crippen molar-refractivity contribution in [2.75, 3.05) is 11.5 Å². The molecule has 1 fully saturated rings. The molecule has 12 heteroatoms. The predicted octanol–water partition coefficient (Wildman–Crippen LogP) is 5.18. The van der Waals surface area contributed by atoms with Gasteiger partial charge in [-0.05, 0) is 31.7 Å². The second kappa shape index (κ2) is 9.73. The number of anilines is 1. The van der Waals surface area contributed by atoms with Gasteiger partial charge in [-0.25, -0.2) is 19.6 Å². The van der Waals surface area contributed by atoms with Gasteiger partial charge in [0.1, 0.15) is 29.4 Å². The van der Waals surface area contributed by atoms with Crippen LogP contribution in [0.5, 0.6) is 0 Å². The van der Waals surface area contributed by atoms with Crippen LogP contribution in [0.4, 0.5) is 5.82 Å². The molecule has 1 aliphatic heterocycles. The normalized spacial score (nSPS) is 17.5. The number of hydrogen-bond acceptors (Lipinski definition) is 9. The van der Waals surface area contributed by atoms with Gasteiger partial charge in [-0.3, -0.25) is 4.57 Å². The highest BCUT2D eigenvalue weighted by Gasteiger charge is 2.39. The van der Waals surface area contributed by atoms with Gasteiger partial charge in [-0.1, -0.05) is 26.6 Å². The molecule has 4 aromatic heterocycles. The molecule has 0 N–H and O–H groups in total. The van der Waals surface area contributed by atoms with Crippen molar-refractivity contribution in [1.29, 1.82) is 0 Å². The second-order valence-corrected chi connectivity index (χ2v) is 17.5. The maximum absolute atomic E-state index is 5.99. The summed E-state index contributed by atoms with van der Waals surface area (Å²) in [6.45, 7) is 10.4. The highest BCUT2D eigenvalue weighted by atomic mass is 32.1. The average molecular weight is 536 g/mol. The standard InChI is InChI=1S/C25H33N9OSSi/c1-5-19-24-30-28-15-33(24)20-13-27-22(29-23(20)34(19)17-7-6-8-17)18-14-32(16-35-10-12-37(2,3)4)31-21(18)25-26-9-11-36-25/h9,11,13-15,17,19H,5-8,10,12,16H2,1-4H3. The summed E-state index contributed by atoms with van der Waals surface area (Å²) in [5.41, 5.74) is 2.58. The predicted molar refractivity (Wildman–Crippen MR) is 147 cm³/mol. The van der Waals surface area contributed by atoms with E-state index in [1.165, 1.54) is 19.3 Å². The minimum atomic E-state index is -1.15. The molecule has 1 saturated carbocycles. The average Bonchev–Trinajstić information content (AvgIpc) is 3.60. The minimum Gasteiger partial charge on any atom is -0.360 e. The molecule has 4 aromatic rings. The van der Waals surface area contributed by atoms with Crippen LogP contribution in [0, 0.1) is 0 Å². The molecule has 0 aromatic carbocycles. The van der Waals surface area contributed by atoms with Crippen LogP contribution in [-0.4, -0.2) is 60.2 Å². The summed E-state index contributed by atoms with van der Waals surface area (Å²) in [7, 11) is -1.15. The minimum absolute atomic E-state index is 0.143. The molecular formula is C25H33N9OSSi. The van der Waals surface area contributed by atoms with Crippen LogP contribution >= 0.6 is 11.3 Å². The van der Waals surface area contributed by atoms with E-state index in [0.717, 1.165) is 52.7 Å². The van der Waals surface area contributed by atoms with E-state index in [9.17, 15) is 0 Å². The van der Waals surface area contributed by atoms with E-state index in [-0.39, 0.29) is 6.04 Å². The van der Waals surface area contributed by atoms with Crippen molar-refractivity contribution in [3.8, 4) is 27.8 Å². The van der Waals surface area contributed by atoms with Gasteiger partial charge in [0.25, 0.3) is 0 Å². The lowest BCUT2D eigenvalue weighted by molar-refractivity contribution is 0.0788. The molecule has 1 aliphatic carbocycles.